The molecule has 1 aromatic carbocycles. The summed E-state index contributed by atoms with van der Waals surface area (Å²) in [5.41, 5.74) is 2.18. The molecule has 0 spiro atoms. The topological polar surface area (TPSA) is 106 Å². The molecule has 34 heavy (non-hydrogen) atoms. The van der Waals surface area contributed by atoms with Gasteiger partial charge in [-0.15, -0.1) is 0 Å². The fraction of sp³-hybridized carbons (Fsp3) is 0.400. The molecule has 2 fully saturated rings. The van der Waals surface area contributed by atoms with Gasteiger partial charge >= 0.3 is 5.97 Å². The molecule has 0 aliphatic carbocycles. The van der Waals surface area contributed by atoms with E-state index in [9.17, 15) is 14.7 Å². The van der Waals surface area contributed by atoms with E-state index in [1.807, 2.05) is 26.0 Å². The van der Waals surface area contributed by atoms with Crippen molar-refractivity contribution in [2.45, 2.75) is 38.9 Å². The minimum Gasteiger partial charge on any atom is -0.497 e. The monoisotopic (exact) mass is 464 g/mol. The first-order valence-electron chi connectivity index (χ1n) is 11.3. The minimum absolute atomic E-state index is 0.276. The summed E-state index contributed by atoms with van der Waals surface area (Å²) in [6, 6.07) is 6.29. The van der Waals surface area contributed by atoms with Crippen LogP contribution in [-0.4, -0.2) is 60.0 Å². The fourth-order valence-electron chi connectivity index (χ4n) is 5.19. The van der Waals surface area contributed by atoms with Crippen LogP contribution in [0.3, 0.4) is 0 Å². The first kappa shape index (κ1) is 22.2. The second-order valence-electron chi connectivity index (χ2n) is 9.01. The first-order chi connectivity index (χ1) is 16.3. The molecule has 2 aromatic heterocycles. The molecule has 5 rings (SSSR count). The highest BCUT2D eigenvalue weighted by atomic mass is 16.5. The van der Waals surface area contributed by atoms with Crippen LogP contribution in [0.4, 0.5) is 5.82 Å². The number of aromatic carboxylic acids is 1. The number of nitrogens with one attached hydrogen (secondary N) is 1. The molecule has 2 aliphatic rings. The number of ether oxygens (including phenoxy) is 2. The van der Waals surface area contributed by atoms with E-state index in [-0.39, 0.29) is 12.1 Å². The lowest BCUT2D eigenvalue weighted by Crippen LogP contribution is -2.44. The smallest absolute Gasteiger partial charge is 0.341 e. The molecule has 2 saturated heterocycles. The van der Waals surface area contributed by atoms with E-state index in [1.54, 1.807) is 24.9 Å². The average Bonchev–Trinajstić information content (AvgIpc) is 3.46. The largest absolute Gasteiger partial charge is 0.497 e. The molecular weight excluding hydrogens is 436 g/mol. The summed E-state index contributed by atoms with van der Waals surface area (Å²) < 4.78 is 12.6. The predicted octanol–water partition coefficient (Wildman–Crippen LogP) is 2.33. The SMILES string of the molecule is COc1ccc(Cn2cc(C(=O)O)c(=O)c3c(C)c(C)c(N4C[C@@H]5C[C@H]4CN5)nc32)c(OC)c1. The Bertz CT molecular complexity index is 1370. The summed E-state index contributed by atoms with van der Waals surface area (Å²) >= 11 is 0. The summed E-state index contributed by atoms with van der Waals surface area (Å²) in [5.74, 6) is 0.861. The van der Waals surface area contributed by atoms with Crippen LogP contribution in [0.25, 0.3) is 11.0 Å². The van der Waals surface area contributed by atoms with Crippen LogP contribution in [0.15, 0.2) is 29.2 Å². The van der Waals surface area contributed by atoms with Gasteiger partial charge in [-0.2, -0.15) is 0 Å². The number of piperazine rings is 1. The number of hydrogen-bond donors (Lipinski definition) is 2. The number of carboxylic acids is 1. The van der Waals surface area contributed by atoms with Gasteiger partial charge in [-0.3, -0.25) is 4.79 Å². The van der Waals surface area contributed by atoms with Crippen LogP contribution in [0.2, 0.25) is 0 Å². The van der Waals surface area contributed by atoms with Gasteiger partial charge in [0, 0.05) is 43.0 Å². The average molecular weight is 465 g/mol. The number of aromatic nitrogens is 2. The Labute approximate surface area is 196 Å². The Hall–Kier alpha value is -3.59. The van der Waals surface area contributed by atoms with Crippen molar-refractivity contribution in [1.82, 2.24) is 14.9 Å². The summed E-state index contributed by atoms with van der Waals surface area (Å²) in [5, 5.41) is 13.6. The van der Waals surface area contributed by atoms with Crippen LogP contribution in [0.1, 0.15) is 33.5 Å². The van der Waals surface area contributed by atoms with E-state index in [2.05, 4.69) is 10.2 Å². The van der Waals surface area contributed by atoms with Gasteiger partial charge in [0.25, 0.3) is 0 Å². The molecule has 9 nitrogen and oxygen atoms in total. The van der Waals surface area contributed by atoms with E-state index >= 15 is 0 Å². The lowest BCUT2D eigenvalue weighted by molar-refractivity contribution is 0.0695. The number of hydrogen-bond acceptors (Lipinski definition) is 7. The van der Waals surface area contributed by atoms with Crippen molar-refractivity contribution in [3.8, 4) is 11.5 Å². The van der Waals surface area contributed by atoms with E-state index < -0.39 is 11.4 Å². The third kappa shape index (κ3) is 3.47. The van der Waals surface area contributed by atoms with Gasteiger partial charge in [-0.1, -0.05) is 0 Å². The van der Waals surface area contributed by atoms with Gasteiger partial charge in [-0.05, 0) is 43.5 Å². The second kappa shape index (κ2) is 8.32. The zero-order chi connectivity index (χ0) is 24.1. The highest BCUT2D eigenvalue weighted by Crippen LogP contribution is 2.34. The number of fused-ring (bicyclic) bond motifs is 3. The Morgan fingerprint density at radius 2 is 2.03 bits per heavy atom. The number of anilines is 1. The third-order valence-electron chi connectivity index (χ3n) is 7.13. The maximum absolute atomic E-state index is 13.2. The van der Waals surface area contributed by atoms with Crippen molar-refractivity contribution >= 4 is 22.8 Å². The first-order valence-corrected chi connectivity index (χ1v) is 11.3. The molecule has 178 valence electrons. The second-order valence-corrected chi connectivity index (χ2v) is 9.01. The molecule has 0 radical (unpaired) electrons. The molecule has 2 bridgehead atoms. The number of nitrogens with zero attached hydrogens (tertiary/aromatic N) is 3. The van der Waals surface area contributed by atoms with Crippen molar-refractivity contribution in [3.05, 3.63) is 56.9 Å². The van der Waals surface area contributed by atoms with Crippen LogP contribution in [-0.2, 0) is 6.54 Å². The number of carboxylic acid groups (broad SMARTS) is 1. The van der Waals surface area contributed by atoms with Crippen molar-refractivity contribution in [1.29, 1.82) is 0 Å². The van der Waals surface area contributed by atoms with Gasteiger partial charge in [0.1, 0.15) is 28.5 Å². The van der Waals surface area contributed by atoms with Crippen LogP contribution in [0.5, 0.6) is 11.5 Å². The lowest BCUT2D eigenvalue weighted by Gasteiger charge is -2.31. The summed E-state index contributed by atoms with van der Waals surface area (Å²) in [4.78, 5) is 32.5. The van der Waals surface area contributed by atoms with E-state index in [4.69, 9.17) is 14.5 Å². The molecule has 0 saturated carbocycles. The summed E-state index contributed by atoms with van der Waals surface area (Å²) in [6.45, 7) is 5.90. The quantitative estimate of drug-likeness (QED) is 0.573. The highest BCUT2D eigenvalue weighted by Gasteiger charge is 2.39. The highest BCUT2D eigenvalue weighted by molar-refractivity contribution is 5.93. The lowest BCUT2D eigenvalue weighted by atomic mass is 10.0. The Kier molecular flexibility index (Phi) is 5.44. The van der Waals surface area contributed by atoms with Gasteiger partial charge in [0.15, 0.2) is 0 Å². The number of rotatable bonds is 6. The molecule has 2 N–H and O–H groups in total. The number of carbonyl (C=O) groups is 1. The molecule has 4 heterocycles. The fourth-order valence-corrected chi connectivity index (χ4v) is 5.19. The number of aryl methyl sites for hydroxylation is 1. The van der Waals surface area contributed by atoms with Crippen molar-refractivity contribution in [3.63, 3.8) is 0 Å². The molecule has 0 amide bonds. The number of pyridine rings is 2. The normalized spacial score (nSPS) is 19.1. The minimum atomic E-state index is -1.26. The van der Waals surface area contributed by atoms with Gasteiger partial charge < -0.3 is 29.4 Å². The Morgan fingerprint density at radius 1 is 1.24 bits per heavy atom. The predicted molar refractivity (Wildman–Crippen MR) is 129 cm³/mol. The Morgan fingerprint density at radius 3 is 2.65 bits per heavy atom. The zero-order valence-electron chi connectivity index (χ0n) is 19.7. The number of methoxy groups -OCH3 is 2. The van der Waals surface area contributed by atoms with Crippen molar-refractivity contribution in [2.75, 3.05) is 32.2 Å². The zero-order valence-corrected chi connectivity index (χ0v) is 19.7. The maximum atomic E-state index is 13.2. The molecule has 0 unspecified atom stereocenters. The molecule has 2 atom stereocenters. The Balaban J connectivity index is 1.72. The van der Waals surface area contributed by atoms with Gasteiger partial charge in [0.05, 0.1) is 26.2 Å². The summed E-state index contributed by atoms with van der Waals surface area (Å²) in [6.07, 6.45) is 2.46. The third-order valence-corrected chi connectivity index (χ3v) is 7.13. The van der Waals surface area contributed by atoms with E-state index in [0.29, 0.717) is 34.6 Å². The molecular formula is C25H28N4O5. The summed E-state index contributed by atoms with van der Waals surface area (Å²) in [7, 11) is 3.16. The maximum Gasteiger partial charge on any atom is 0.341 e. The van der Waals surface area contributed by atoms with Crippen LogP contribution < -0.4 is 25.1 Å². The standard InChI is InChI=1S/C25H28N4O5/c1-13-14(2)23(29-11-16-7-17(29)9-26-16)27-24-21(13)22(30)19(25(31)32)12-28(24)10-15-5-6-18(33-3)8-20(15)34-4/h5-6,8,12,16-17,26H,7,9-11H2,1-4H3,(H,31,32)/t16-,17-/m0/s1. The van der Waals surface area contributed by atoms with Gasteiger partial charge in [-0.25, -0.2) is 9.78 Å². The van der Waals surface area contributed by atoms with Crippen molar-refractivity contribution in [2.24, 2.45) is 0 Å². The van der Waals surface area contributed by atoms with E-state index in [1.165, 1.54) is 6.20 Å². The molecule has 9 heteroatoms. The van der Waals surface area contributed by atoms with E-state index in [0.717, 1.165) is 42.0 Å². The number of benzene rings is 1. The molecule has 2 aliphatic heterocycles. The molecule has 3 aromatic rings. The van der Waals surface area contributed by atoms with Crippen molar-refractivity contribution < 1.29 is 19.4 Å². The van der Waals surface area contributed by atoms with Crippen LogP contribution in [0, 0.1) is 13.8 Å². The van der Waals surface area contributed by atoms with Crippen LogP contribution >= 0.6 is 0 Å². The van der Waals surface area contributed by atoms with Gasteiger partial charge in [0.2, 0.25) is 5.43 Å².